The first-order valence-corrected chi connectivity index (χ1v) is 11.0. The van der Waals surface area contributed by atoms with E-state index in [1.165, 1.54) is 40.8 Å². The molecule has 0 bridgehead atoms. The molecule has 2 heterocycles. The molecular weight excluding hydrogens is 436 g/mol. The molecule has 0 amide bonds. The van der Waals surface area contributed by atoms with E-state index in [4.69, 9.17) is 15.2 Å². The number of rotatable bonds is 7. The number of hydrogen-bond donors (Lipinski definition) is 1. The average Bonchev–Trinajstić information content (AvgIpc) is 3.19. The molecule has 2 N–H and O–H groups in total. The molecule has 0 spiro atoms. The molecule has 0 unspecified atom stereocenters. The predicted octanol–water partition coefficient (Wildman–Crippen LogP) is 2.96. The monoisotopic (exact) mass is 454 g/mol. The molecule has 1 aromatic carbocycles. The Bertz CT molecular complexity index is 1280. The minimum atomic E-state index is -0.463. The SMILES string of the molecule is COC1=C/C(=C\c2c(N)n3nc(SCCOc4ccccc4)sc3nc2=O)C=CC1=O. The zero-order valence-corrected chi connectivity index (χ0v) is 18.1. The highest BCUT2D eigenvalue weighted by Crippen LogP contribution is 2.26. The number of hydrogen-bond acceptors (Lipinski definition) is 9. The van der Waals surface area contributed by atoms with Crippen molar-refractivity contribution in [1.82, 2.24) is 14.6 Å². The molecule has 1 aliphatic carbocycles. The van der Waals surface area contributed by atoms with Crippen LogP contribution >= 0.6 is 23.1 Å². The van der Waals surface area contributed by atoms with Gasteiger partial charge in [0, 0.05) is 5.75 Å². The molecule has 2 aromatic heterocycles. The number of carbonyl (C=O) groups excluding carboxylic acids is 1. The smallest absolute Gasteiger partial charge is 0.283 e. The van der Waals surface area contributed by atoms with Gasteiger partial charge in [0.2, 0.25) is 10.7 Å². The summed E-state index contributed by atoms with van der Waals surface area (Å²) in [5.74, 6) is 1.62. The molecule has 1 aliphatic rings. The van der Waals surface area contributed by atoms with Crippen LogP contribution in [0.5, 0.6) is 5.75 Å². The summed E-state index contributed by atoms with van der Waals surface area (Å²) in [5.41, 5.74) is 6.56. The molecule has 0 fully saturated rings. The molecule has 0 atom stereocenters. The summed E-state index contributed by atoms with van der Waals surface area (Å²) in [6.45, 7) is 0.515. The second-order valence-electron chi connectivity index (χ2n) is 6.34. The minimum absolute atomic E-state index is 0.184. The lowest BCUT2D eigenvalue weighted by Gasteiger charge is -2.08. The van der Waals surface area contributed by atoms with Gasteiger partial charge < -0.3 is 15.2 Å². The molecule has 0 aliphatic heterocycles. The van der Waals surface area contributed by atoms with Gasteiger partial charge in [0.1, 0.15) is 11.6 Å². The van der Waals surface area contributed by atoms with Crippen LogP contribution < -0.4 is 16.0 Å². The highest BCUT2D eigenvalue weighted by molar-refractivity contribution is 8.01. The standard InChI is InChI=1S/C21H18N4O4S2/c1-28-17-12-13(7-8-16(17)26)11-15-18(22)25-20(23-19(15)27)31-21(24-25)30-10-9-29-14-5-3-2-4-6-14/h2-8,11-12H,9-10,22H2,1H3/b13-11-. The van der Waals surface area contributed by atoms with Crippen LogP contribution in [-0.4, -0.2) is 39.9 Å². The fourth-order valence-corrected chi connectivity index (χ4v) is 4.63. The van der Waals surface area contributed by atoms with Crippen molar-refractivity contribution in [3.63, 3.8) is 0 Å². The number of thioether (sulfide) groups is 1. The predicted molar refractivity (Wildman–Crippen MR) is 121 cm³/mol. The van der Waals surface area contributed by atoms with Gasteiger partial charge in [0.25, 0.3) is 5.56 Å². The summed E-state index contributed by atoms with van der Waals surface area (Å²) in [7, 11) is 1.41. The molecule has 4 rings (SSSR count). The van der Waals surface area contributed by atoms with Crippen LogP contribution in [0.4, 0.5) is 5.82 Å². The maximum absolute atomic E-state index is 12.5. The second kappa shape index (κ2) is 9.19. The van der Waals surface area contributed by atoms with Crippen molar-refractivity contribution < 1.29 is 14.3 Å². The van der Waals surface area contributed by atoms with Gasteiger partial charge in [-0.25, -0.2) is 0 Å². The molecule has 8 nitrogen and oxygen atoms in total. The van der Waals surface area contributed by atoms with Gasteiger partial charge in [-0.05, 0) is 35.9 Å². The Hall–Kier alpha value is -3.37. The van der Waals surface area contributed by atoms with Crippen LogP contribution in [0.3, 0.4) is 0 Å². The minimum Gasteiger partial charge on any atom is -0.493 e. The van der Waals surface area contributed by atoms with Gasteiger partial charge in [-0.15, -0.1) is 5.10 Å². The van der Waals surface area contributed by atoms with Gasteiger partial charge in [0.05, 0.1) is 19.3 Å². The third-order valence-electron chi connectivity index (χ3n) is 4.29. The number of para-hydroxylation sites is 1. The van der Waals surface area contributed by atoms with Gasteiger partial charge in [-0.1, -0.05) is 47.4 Å². The third kappa shape index (κ3) is 4.70. The first-order chi connectivity index (χ1) is 15.0. The summed E-state index contributed by atoms with van der Waals surface area (Å²) in [5, 5.41) is 4.47. The number of methoxy groups -OCH3 is 1. The molecule has 0 saturated carbocycles. The average molecular weight is 455 g/mol. The summed E-state index contributed by atoms with van der Waals surface area (Å²) < 4.78 is 12.9. The Labute approximate surface area is 185 Å². The van der Waals surface area contributed by atoms with E-state index in [1.807, 2.05) is 30.3 Å². The van der Waals surface area contributed by atoms with Crippen molar-refractivity contribution in [2.45, 2.75) is 4.34 Å². The van der Waals surface area contributed by atoms with Gasteiger partial charge in [-0.2, -0.15) is 9.50 Å². The number of nitrogens with two attached hydrogens (primary N) is 1. The second-order valence-corrected chi connectivity index (χ2v) is 8.64. The van der Waals surface area contributed by atoms with Crippen LogP contribution in [0, 0.1) is 0 Å². The van der Waals surface area contributed by atoms with Crippen molar-refractivity contribution >= 4 is 45.7 Å². The van der Waals surface area contributed by atoms with Crippen molar-refractivity contribution in [3.8, 4) is 5.75 Å². The fraction of sp³-hybridized carbons (Fsp3) is 0.143. The lowest BCUT2D eigenvalue weighted by Crippen LogP contribution is -2.17. The van der Waals surface area contributed by atoms with Gasteiger partial charge in [0.15, 0.2) is 10.1 Å². The Morgan fingerprint density at radius 1 is 1.23 bits per heavy atom. The molecule has 3 aromatic rings. The van der Waals surface area contributed by atoms with Crippen molar-refractivity contribution in [3.05, 3.63) is 75.8 Å². The Morgan fingerprint density at radius 3 is 2.81 bits per heavy atom. The Balaban J connectivity index is 1.53. The number of allylic oxidation sites excluding steroid dienone is 4. The van der Waals surface area contributed by atoms with Crippen molar-refractivity contribution in [2.24, 2.45) is 0 Å². The molecule has 0 saturated heterocycles. The molecule has 158 valence electrons. The van der Waals surface area contributed by atoms with Crippen molar-refractivity contribution in [2.75, 3.05) is 25.2 Å². The molecular formula is C21H18N4O4S2. The van der Waals surface area contributed by atoms with Crippen LogP contribution in [0.15, 0.2) is 69.0 Å². The van der Waals surface area contributed by atoms with E-state index in [9.17, 15) is 9.59 Å². The number of nitrogen functional groups attached to an aromatic ring is 1. The van der Waals surface area contributed by atoms with Crippen LogP contribution in [0.2, 0.25) is 0 Å². The Kier molecular flexibility index (Phi) is 6.19. The highest BCUT2D eigenvalue weighted by atomic mass is 32.2. The number of benzene rings is 1. The van der Waals surface area contributed by atoms with E-state index in [1.54, 1.807) is 18.2 Å². The summed E-state index contributed by atoms with van der Waals surface area (Å²) in [6.07, 6.45) is 6.08. The number of ether oxygens (including phenoxy) is 2. The molecule has 31 heavy (non-hydrogen) atoms. The topological polar surface area (TPSA) is 109 Å². The number of aromatic nitrogens is 3. The van der Waals surface area contributed by atoms with Gasteiger partial charge >= 0.3 is 0 Å². The number of carbonyl (C=O) groups is 1. The zero-order chi connectivity index (χ0) is 21.8. The summed E-state index contributed by atoms with van der Waals surface area (Å²) in [6, 6.07) is 9.57. The van der Waals surface area contributed by atoms with E-state index in [0.717, 1.165) is 10.1 Å². The summed E-state index contributed by atoms with van der Waals surface area (Å²) >= 11 is 2.79. The highest BCUT2D eigenvalue weighted by Gasteiger charge is 2.16. The van der Waals surface area contributed by atoms with Crippen LogP contribution in [0.1, 0.15) is 5.56 Å². The Morgan fingerprint density at radius 2 is 2.03 bits per heavy atom. The maximum Gasteiger partial charge on any atom is 0.283 e. The molecule has 0 radical (unpaired) electrons. The number of fused-ring (bicyclic) bond motifs is 1. The van der Waals surface area contributed by atoms with Crippen LogP contribution in [-0.2, 0) is 9.53 Å². The lowest BCUT2D eigenvalue weighted by molar-refractivity contribution is -0.114. The third-order valence-corrected chi connectivity index (χ3v) is 6.30. The van der Waals surface area contributed by atoms with E-state index in [2.05, 4.69) is 10.1 Å². The molecule has 10 heteroatoms. The quantitative estimate of drug-likeness (QED) is 0.429. The normalized spacial score (nSPS) is 14.8. The zero-order valence-electron chi connectivity index (χ0n) is 16.5. The van der Waals surface area contributed by atoms with E-state index < -0.39 is 5.56 Å². The van der Waals surface area contributed by atoms with Gasteiger partial charge in [-0.3, -0.25) is 9.59 Å². The largest absolute Gasteiger partial charge is 0.493 e. The first-order valence-electron chi connectivity index (χ1n) is 9.25. The number of nitrogens with zero attached hydrogens (tertiary/aromatic N) is 3. The number of anilines is 1. The fourth-order valence-electron chi connectivity index (χ4n) is 2.80. The van der Waals surface area contributed by atoms with E-state index >= 15 is 0 Å². The van der Waals surface area contributed by atoms with E-state index in [-0.39, 0.29) is 22.9 Å². The van der Waals surface area contributed by atoms with E-state index in [0.29, 0.717) is 22.9 Å². The summed E-state index contributed by atoms with van der Waals surface area (Å²) in [4.78, 5) is 28.7. The van der Waals surface area contributed by atoms with Crippen molar-refractivity contribution in [1.29, 1.82) is 0 Å². The lowest BCUT2D eigenvalue weighted by atomic mass is 10.0. The van der Waals surface area contributed by atoms with Crippen LogP contribution in [0.25, 0.3) is 11.0 Å². The first kappa shape index (κ1) is 20.9. The maximum atomic E-state index is 12.5. The number of ketones is 1.